The van der Waals surface area contributed by atoms with E-state index in [4.69, 9.17) is 10.5 Å². The van der Waals surface area contributed by atoms with E-state index in [-0.39, 0.29) is 0 Å². The highest BCUT2D eigenvalue weighted by molar-refractivity contribution is 8.00. The van der Waals surface area contributed by atoms with Crippen molar-refractivity contribution in [2.75, 3.05) is 7.11 Å². The van der Waals surface area contributed by atoms with Crippen molar-refractivity contribution >= 4 is 11.8 Å². The first kappa shape index (κ1) is 10.8. The molecule has 2 rings (SSSR count). The smallest absolute Gasteiger partial charge is 0.121 e. The van der Waals surface area contributed by atoms with Crippen molar-refractivity contribution in [3.05, 3.63) is 23.8 Å². The summed E-state index contributed by atoms with van der Waals surface area (Å²) in [5.74, 6) is 0.963. The summed E-state index contributed by atoms with van der Waals surface area (Å²) in [6, 6.07) is 6.78. The first-order valence-corrected chi connectivity index (χ1v) is 6.14. The van der Waals surface area contributed by atoms with Gasteiger partial charge in [-0.15, -0.1) is 11.8 Å². The van der Waals surface area contributed by atoms with E-state index in [1.165, 1.54) is 10.5 Å². The van der Waals surface area contributed by atoms with Crippen molar-refractivity contribution < 1.29 is 4.74 Å². The largest absolute Gasteiger partial charge is 0.496 e. The number of rotatable bonds is 3. The van der Waals surface area contributed by atoms with Gasteiger partial charge in [0.15, 0.2) is 0 Å². The molecule has 1 fully saturated rings. The molecular formula is C12H17NOS. The fourth-order valence-electron chi connectivity index (χ4n) is 1.82. The van der Waals surface area contributed by atoms with Crippen molar-refractivity contribution in [2.45, 2.75) is 36.0 Å². The molecule has 15 heavy (non-hydrogen) atoms. The van der Waals surface area contributed by atoms with Gasteiger partial charge in [0, 0.05) is 16.2 Å². The van der Waals surface area contributed by atoms with Gasteiger partial charge in [-0.25, -0.2) is 0 Å². The number of hydrogen-bond acceptors (Lipinski definition) is 3. The maximum atomic E-state index is 5.76. The molecule has 0 radical (unpaired) electrons. The van der Waals surface area contributed by atoms with Crippen molar-refractivity contribution in [1.29, 1.82) is 0 Å². The van der Waals surface area contributed by atoms with Gasteiger partial charge in [0.25, 0.3) is 0 Å². The van der Waals surface area contributed by atoms with Gasteiger partial charge in [0.1, 0.15) is 5.75 Å². The summed E-state index contributed by atoms with van der Waals surface area (Å²) in [4.78, 5) is 1.32. The molecule has 0 heterocycles. The van der Waals surface area contributed by atoms with Gasteiger partial charge < -0.3 is 10.5 Å². The SMILES string of the molecule is COc1ccc(SC2CC(N)C2)cc1C. The van der Waals surface area contributed by atoms with E-state index < -0.39 is 0 Å². The second-order valence-corrected chi connectivity index (χ2v) is 5.48. The van der Waals surface area contributed by atoms with E-state index in [2.05, 4.69) is 19.1 Å². The van der Waals surface area contributed by atoms with Crippen LogP contribution in [-0.4, -0.2) is 18.4 Å². The molecule has 0 atom stereocenters. The number of aryl methyl sites for hydroxylation is 1. The maximum absolute atomic E-state index is 5.76. The van der Waals surface area contributed by atoms with E-state index in [1.807, 2.05) is 17.8 Å². The third-order valence-corrected chi connectivity index (χ3v) is 4.04. The number of methoxy groups -OCH3 is 1. The molecule has 1 aromatic rings. The van der Waals surface area contributed by atoms with Crippen LogP contribution >= 0.6 is 11.8 Å². The first-order chi connectivity index (χ1) is 7.19. The molecule has 0 bridgehead atoms. The summed E-state index contributed by atoms with van der Waals surface area (Å²) >= 11 is 1.93. The lowest BCUT2D eigenvalue weighted by Crippen LogP contribution is -2.38. The van der Waals surface area contributed by atoms with Crippen LogP contribution in [0.1, 0.15) is 18.4 Å². The van der Waals surface area contributed by atoms with Crippen LogP contribution < -0.4 is 10.5 Å². The maximum Gasteiger partial charge on any atom is 0.121 e. The number of ether oxygens (including phenoxy) is 1. The van der Waals surface area contributed by atoms with Gasteiger partial charge in [-0.1, -0.05) is 0 Å². The molecule has 0 amide bonds. The molecule has 1 aliphatic carbocycles. The molecule has 0 saturated heterocycles. The van der Waals surface area contributed by atoms with Crippen LogP contribution in [0.25, 0.3) is 0 Å². The summed E-state index contributed by atoms with van der Waals surface area (Å²) in [5, 5.41) is 0.716. The average molecular weight is 223 g/mol. The summed E-state index contributed by atoms with van der Waals surface area (Å²) in [5.41, 5.74) is 6.96. The van der Waals surface area contributed by atoms with Crippen LogP contribution in [-0.2, 0) is 0 Å². The Morgan fingerprint density at radius 1 is 1.40 bits per heavy atom. The Morgan fingerprint density at radius 3 is 2.67 bits per heavy atom. The van der Waals surface area contributed by atoms with E-state index in [9.17, 15) is 0 Å². The molecule has 2 nitrogen and oxygen atoms in total. The van der Waals surface area contributed by atoms with Crippen LogP contribution in [0.4, 0.5) is 0 Å². The molecule has 0 unspecified atom stereocenters. The van der Waals surface area contributed by atoms with Crippen molar-refractivity contribution in [3.8, 4) is 5.75 Å². The first-order valence-electron chi connectivity index (χ1n) is 5.26. The molecule has 82 valence electrons. The van der Waals surface area contributed by atoms with Crippen LogP contribution in [0.15, 0.2) is 23.1 Å². The minimum absolute atomic E-state index is 0.432. The molecule has 1 aliphatic rings. The summed E-state index contributed by atoms with van der Waals surface area (Å²) < 4.78 is 5.23. The van der Waals surface area contributed by atoms with Gasteiger partial charge in [0.2, 0.25) is 0 Å². The Hall–Kier alpha value is -0.670. The van der Waals surface area contributed by atoms with Crippen molar-refractivity contribution in [1.82, 2.24) is 0 Å². The Bertz CT molecular complexity index is 347. The minimum Gasteiger partial charge on any atom is -0.496 e. The van der Waals surface area contributed by atoms with E-state index >= 15 is 0 Å². The summed E-state index contributed by atoms with van der Waals surface area (Å²) in [6.07, 6.45) is 2.30. The van der Waals surface area contributed by atoms with Crippen LogP contribution in [0.5, 0.6) is 5.75 Å². The Labute approximate surface area is 95.2 Å². The molecule has 0 spiro atoms. The quantitative estimate of drug-likeness (QED) is 0.855. The normalized spacial score (nSPS) is 24.7. The van der Waals surface area contributed by atoms with Crippen LogP contribution in [0.2, 0.25) is 0 Å². The van der Waals surface area contributed by atoms with Crippen molar-refractivity contribution in [2.24, 2.45) is 5.73 Å². The number of benzene rings is 1. The second kappa shape index (κ2) is 4.45. The lowest BCUT2D eigenvalue weighted by molar-refractivity contribution is 0.411. The minimum atomic E-state index is 0.432. The predicted octanol–water partition coefficient (Wildman–Crippen LogP) is 2.59. The zero-order valence-corrected chi connectivity index (χ0v) is 10.0. The second-order valence-electron chi connectivity index (χ2n) is 4.10. The molecule has 0 aliphatic heterocycles. The molecule has 1 aromatic carbocycles. The molecule has 2 N–H and O–H groups in total. The van der Waals surface area contributed by atoms with Crippen LogP contribution in [0.3, 0.4) is 0 Å². The highest BCUT2D eigenvalue weighted by Crippen LogP contribution is 2.37. The number of nitrogens with two attached hydrogens (primary N) is 1. The Morgan fingerprint density at radius 2 is 2.13 bits per heavy atom. The summed E-state index contributed by atoms with van der Waals surface area (Å²) in [6.45, 7) is 2.08. The van der Waals surface area contributed by atoms with E-state index in [0.29, 0.717) is 11.3 Å². The zero-order chi connectivity index (χ0) is 10.8. The third-order valence-electron chi connectivity index (χ3n) is 2.80. The molecule has 1 saturated carbocycles. The Balaban J connectivity index is 2.00. The molecule has 0 aromatic heterocycles. The highest BCUT2D eigenvalue weighted by Gasteiger charge is 2.26. The van der Waals surface area contributed by atoms with Gasteiger partial charge in [-0.2, -0.15) is 0 Å². The van der Waals surface area contributed by atoms with E-state index in [0.717, 1.165) is 18.6 Å². The predicted molar refractivity (Wildman–Crippen MR) is 64.6 cm³/mol. The van der Waals surface area contributed by atoms with Crippen molar-refractivity contribution in [3.63, 3.8) is 0 Å². The van der Waals surface area contributed by atoms with Crippen LogP contribution in [0, 0.1) is 6.92 Å². The number of hydrogen-bond donors (Lipinski definition) is 1. The molecular weight excluding hydrogens is 206 g/mol. The number of thioether (sulfide) groups is 1. The fraction of sp³-hybridized carbons (Fsp3) is 0.500. The lowest BCUT2D eigenvalue weighted by atomic mass is 9.94. The van der Waals surface area contributed by atoms with E-state index in [1.54, 1.807) is 7.11 Å². The van der Waals surface area contributed by atoms with Gasteiger partial charge in [-0.3, -0.25) is 0 Å². The molecule has 3 heteroatoms. The fourth-order valence-corrected chi connectivity index (χ4v) is 3.28. The van der Waals surface area contributed by atoms with Gasteiger partial charge in [0.05, 0.1) is 7.11 Å². The topological polar surface area (TPSA) is 35.2 Å². The zero-order valence-electron chi connectivity index (χ0n) is 9.19. The standard InChI is InChI=1S/C12H17NOS/c1-8-5-10(3-4-12(8)14-2)15-11-6-9(13)7-11/h3-5,9,11H,6-7,13H2,1-2H3. The average Bonchev–Trinajstić information content (AvgIpc) is 2.16. The highest BCUT2D eigenvalue weighted by atomic mass is 32.2. The monoisotopic (exact) mass is 223 g/mol. The summed E-state index contributed by atoms with van der Waals surface area (Å²) in [7, 11) is 1.71. The van der Waals surface area contributed by atoms with Gasteiger partial charge in [-0.05, 0) is 43.5 Å². The lowest BCUT2D eigenvalue weighted by Gasteiger charge is -2.31. The van der Waals surface area contributed by atoms with Gasteiger partial charge >= 0.3 is 0 Å². The third kappa shape index (κ3) is 2.47. The Kier molecular flexibility index (Phi) is 3.22.